The third-order valence-electron chi connectivity index (χ3n) is 2.65. The molecule has 17 heavy (non-hydrogen) atoms. The Morgan fingerprint density at radius 3 is 2.88 bits per heavy atom. The van der Waals surface area contributed by atoms with Crippen molar-refractivity contribution >= 4 is 33.1 Å². The van der Waals surface area contributed by atoms with Gasteiger partial charge in [-0.1, -0.05) is 13.8 Å². The van der Waals surface area contributed by atoms with Gasteiger partial charge in [0.15, 0.2) is 0 Å². The third-order valence-corrected chi connectivity index (χ3v) is 3.53. The van der Waals surface area contributed by atoms with Gasteiger partial charge in [-0.3, -0.25) is 4.79 Å². The zero-order valence-electron chi connectivity index (χ0n) is 9.81. The minimum atomic E-state index is -0.395. The van der Waals surface area contributed by atoms with Crippen LogP contribution in [0.5, 0.6) is 0 Å². The van der Waals surface area contributed by atoms with E-state index in [2.05, 4.69) is 10.3 Å². The van der Waals surface area contributed by atoms with E-state index in [1.54, 1.807) is 17.5 Å². The predicted molar refractivity (Wildman–Crippen MR) is 71.1 cm³/mol. The summed E-state index contributed by atoms with van der Waals surface area (Å²) in [5, 5.41) is 6.17. The summed E-state index contributed by atoms with van der Waals surface area (Å²) in [4.78, 5) is 15.6. The van der Waals surface area contributed by atoms with E-state index in [0.29, 0.717) is 0 Å². The highest BCUT2D eigenvalue weighted by Gasteiger charge is 2.20. The van der Waals surface area contributed by atoms with Gasteiger partial charge in [-0.15, -0.1) is 11.3 Å². The number of anilines is 1. The Morgan fingerprint density at radius 1 is 1.47 bits per heavy atom. The van der Waals surface area contributed by atoms with Crippen LogP contribution < -0.4 is 11.1 Å². The fourth-order valence-corrected chi connectivity index (χ4v) is 2.51. The Hall–Kier alpha value is -1.62. The molecule has 1 amide bonds. The maximum absolute atomic E-state index is 11.4. The molecule has 0 aromatic carbocycles. The lowest BCUT2D eigenvalue weighted by molar-refractivity contribution is -0.119. The SMILES string of the molecule is CC(C)C(Nc1nccc2sccc12)C(N)=O. The number of nitrogens with two attached hydrogens (primary N) is 1. The average Bonchev–Trinajstić information content (AvgIpc) is 2.73. The number of fused-ring (bicyclic) bond motifs is 1. The van der Waals surface area contributed by atoms with Crippen LogP contribution in [0.3, 0.4) is 0 Å². The van der Waals surface area contributed by atoms with Crippen LogP contribution in [0.4, 0.5) is 5.82 Å². The van der Waals surface area contributed by atoms with Crippen LogP contribution in [0.2, 0.25) is 0 Å². The zero-order chi connectivity index (χ0) is 12.4. The lowest BCUT2D eigenvalue weighted by Crippen LogP contribution is -2.39. The Kier molecular flexibility index (Phi) is 3.28. The summed E-state index contributed by atoms with van der Waals surface area (Å²) in [6, 6.07) is 3.56. The van der Waals surface area contributed by atoms with E-state index in [9.17, 15) is 4.79 Å². The van der Waals surface area contributed by atoms with Crippen molar-refractivity contribution in [2.75, 3.05) is 5.32 Å². The number of hydrogen-bond acceptors (Lipinski definition) is 4. The number of carbonyl (C=O) groups is 1. The number of aromatic nitrogens is 1. The van der Waals surface area contributed by atoms with Crippen molar-refractivity contribution < 1.29 is 4.79 Å². The number of nitrogens with zero attached hydrogens (tertiary/aromatic N) is 1. The number of pyridine rings is 1. The van der Waals surface area contributed by atoms with Crippen LogP contribution in [0.25, 0.3) is 10.1 Å². The number of rotatable bonds is 4. The molecule has 0 radical (unpaired) electrons. The molecule has 0 aliphatic heterocycles. The second-order valence-electron chi connectivity index (χ2n) is 4.26. The van der Waals surface area contributed by atoms with Crippen LogP contribution in [0.1, 0.15) is 13.8 Å². The summed E-state index contributed by atoms with van der Waals surface area (Å²) < 4.78 is 1.15. The van der Waals surface area contributed by atoms with E-state index in [0.717, 1.165) is 15.9 Å². The van der Waals surface area contributed by atoms with Crippen LogP contribution in [-0.2, 0) is 4.79 Å². The Labute approximate surface area is 104 Å². The highest BCUT2D eigenvalue weighted by atomic mass is 32.1. The van der Waals surface area contributed by atoms with Gasteiger partial charge in [0, 0.05) is 16.3 Å². The molecule has 5 heteroatoms. The number of primary amides is 1. The summed E-state index contributed by atoms with van der Waals surface area (Å²) in [5.41, 5.74) is 5.38. The van der Waals surface area contributed by atoms with Crippen molar-refractivity contribution in [1.29, 1.82) is 0 Å². The van der Waals surface area contributed by atoms with Crippen molar-refractivity contribution in [3.8, 4) is 0 Å². The third kappa shape index (κ3) is 2.39. The molecule has 1 atom stereocenters. The minimum Gasteiger partial charge on any atom is -0.368 e. The quantitative estimate of drug-likeness (QED) is 0.873. The van der Waals surface area contributed by atoms with E-state index in [1.165, 1.54) is 0 Å². The van der Waals surface area contributed by atoms with E-state index >= 15 is 0 Å². The molecule has 0 aliphatic carbocycles. The molecule has 90 valence electrons. The Balaban J connectivity index is 2.34. The topological polar surface area (TPSA) is 68.0 Å². The van der Waals surface area contributed by atoms with Gasteiger partial charge in [-0.25, -0.2) is 4.98 Å². The summed E-state index contributed by atoms with van der Waals surface area (Å²) in [5.74, 6) is 0.499. The molecule has 2 aromatic rings. The molecule has 0 spiro atoms. The number of nitrogens with one attached hydrogen (secondary N) is 1. The summed E-state index contributed by atoms with van der Waals surface area (Å²) in [6.45, 7) is 3.91. The molecular weight excluding hydrogens is 234 g/mol. The molecular formula is C12H15N3OS. The van der Waals surface area contributed by atoms with Crippen molar-refractivity contribution in [1.82, 2.24) is 4.98 Å². The van der Waals surface area contributed by atoms with Gasteiger partial charge in [-0.2, -0.15) is 0 Å². The van der Waals surface area contributed by atoms with Gasteiger partial charge < -0.3 is 11.1 Å². The molecule has 2 heterocycles. The van der Waals surface area contributed by atoms with Gasteiger partial charge in [0.25, 0.3) is 0 Å². The monoisotopic (exact) mass is 249 g/mol. The van der Waals surface area contributed by atoms with Crippen molar-refractivity contribution in [2.24, 2.45) is 11.7 Å². The average molecular weight is 249 g/mol. The fourth-order valence-electron chi connectivity index (χ4n) is 1.72. The second-order valence-corrected chi connectivity index (χ2v) is 5.21. The van der Waals surface area contributed by atoms with Crippen molar-refractivity contribution in [2.45, 2.75) is 19.9 Å². The normalized spacial score (nSPS) is 12.9. The molecule has 0 bridgehead atoms. The molecule has 2 rings (SSSR count). The lowest BCUT2D eigenvalue weighted by Gasteiger charge is -2.19. The number of amides is 1. The molecule has 0 saturated heterocycles. The number of thiophene rings is 1. The van der Waals surface area contributed by atoms with Crippen molar-refractivity contribution in [3.05, 3.63) is 23.7 Å². The van der Waals surface area contributed by atoms with Crippen LogP contribution >= 0.6 is 11.3 Å². The van der Waals surface area contributed by atoms with Crippen LogP contribution in [0.15, 0.2) is 23.7 Å². The number of hydrogen-bond donors (Lipinski definition) is 2. The Morgan fingerprint density at radius 2 is 2.24 bits per heavy atom. The molecule has 2 aromatic heterocycles. The first-order valence-electron chi connectivity index (χ1n) is 5.47. The molecule has 3 N–H and O–H groups in total. The van der Waals surface area contributed by atoms with Gasteiger partial charge in [0.2, 0.25) is 5.91 Å². The highest BCUT2D eigenvalue weighted by Crippen LogP contribution is 2.26. The molecule has 0 aliphatic rings. The Bertz CT molecular complexity index is 535. The van der Waals surface area contributed by atoms with Crippen LogP contribution in [-0.4, -0.2) is 16.9 Å². The summed E-state index contributed by atoms with van der Waals surface area (Å²) >= 11 is 1.65. The second kappa shape index (κ2) is 4.71. The van der Waals surface area contributed by atoms with Gasteiger partial charge in [0.1, 0.15) is 11.9 Å². The highest BCUT2D eigenvalue weighted by molar-refractivity contribution is 7.17. The van der Waals surface area contributed by atoms with Crippen LogP contribution in [0, 0.1) is 5.92 Å². The first-order chi connectivity index (χ1) is 8.09. The lowest BCUT2D eigenvalue weighted by atomic mass is 10.0. The smallest absolute Gasteiger partial charge is 0.240 e. The maximum atomic E-state index is 11.4. The zero-order valence-corrected chi connectivity index (χ0v) is 10.6. The van der Waals surface area contributed by atoms with Gasteiger partial charge >= 0.3 is 0 Å². The largest absolute Gasteiger partial charge is 0.368 e. The molecule has 0 fully saturated rings. The molecule has 1 unspecified atom stereocenters. The molecule has 4 nitrogen and oxygen atoms in total. The van der Waals surface area contributed by atoms with E-state index in [-0.39, 0.29) is 11.8 Å². The standard InChI is InChI=1S/C12H15N3OS/c1-7(2)10(11(13)16)15-12-8-4-6-17-9(8)3-5-14-12/h3-7,10H,1-2H3,(H2,13,16)(H,14,15). The number of carbonyl (C=O) groups excluding carboxylic acids is 1. The summed E-state index contributed by atoms with van der Waals surface area (Å²) in [7, 11) is 0. The van der Waals surface area contributed by atoms with E-state index < -0.39 is 6.04 Å². The van der Waals surface area contributed by atoms with Crippen molar-refractivity contribution in [3.63, 3.8) is 0 Å². The maximum Gasteiger partial charge on any atom is 0.240 e. The fraction of sp³-hybridized carbons (Fsp3) is 0.333. The van der Waals surface area contributed by atoms with Gasteiger partial charge in [-0.05, 0) is 23.4 Å². The summed E-state index contributed by atoms with van der Waals surface area (Å²) in [6.07, 6.45) is 1.74. The first kappa shape index (κ1) is 11.9. The predicted octanol–water partition coefficient (Wildman–Crippen LogP) is 2.22. The van der Waals surface area contributed by atoms with E-state index in [1.807, 2.05) is 31.4 Å². The first-order valence-corrected chi connectivity index (χ1v) is 6.35. The molecule has 0 saturated carbocycles. The van der Waals surface area contributed by atoms with Gasteiger partial charge in [0.05, 0.1) is 0 Å². The minimum absolute atomic E-state index is 0.128. The van der Waals surface area contributed by atoms with E-state index in [4.69, 9.17) is 5.73 Å².